The van der Waals surface area contributed by atoms with Crippen LogP contribution in [0.25, 0.3) is 22.2 Å². The van der Waals surface area contributed by atoms with Crippen LogP contribution in [0.5, 0.6) is 0 Å². The van der Waals surface area contributed by atoms with Crippen LogP contribution < -0.4 is 4.72 Å². The van der Waals surface area contributed by atoms with Gasteiger partial charge in [0.15, 0.2) is 0 Å². The third kappa shape index (κ3) is 3.93. The molecule has 1 fully saturated rings. The summed E-state index contributed by atoms with van der Waals surface area (Å²) in [5, 5.41) is 1.24. The molecule has 2 aromatic carbocycles. The topological polar surface area (TPSA) is 65.2 Å². The number of sulfonamides is 1. The van der Waals surface area contributed by atoms with Crippen LogP contribution in [0.4, 0.5) is 0 Å². The number of fused-ring (bicyclic) bond motifs is 1. The van der Waals surface area contributed by atoms with Gasteiger partial charge in [-0.3, -0.25) is 4.90 Å². The number of rotatable bonds is 5. The summed E-state index contributed by atoms with van der Waals surface area (Å²) in [7, 11) is -3.17. The van der Waals surface area contributed by atoms with Crippen molar-refractivity contribution in [3.63, 3.8) is 0 Å². The predicted molar refractivity (Wildman–Crippen MR) is 110 cm³/mol. The van der Waals surface area contributed by atoms with Crippen LogP contribution in [0.2, 0.25) is 0 Å². The maximum Gasteiger partial charge on any atom is 0.208 e. The van der Waals surface area contributed by atoms with E-state index >= 15 is 0 Å². The Hall–Kier alpha value is -2.15. The van der Waals surface area contributed by atoms with Gasteiger partial charge in [0.05, 0.1) is 11.9 Å². The van der Waals surface area contributed by atoms with Crippen molar-refractivity contribution in [2.45, 2.75) is 25.9 Å². The van der Waals surface area contributed by atoms with Gasteiger partial charge in [0.25, 0.3) is 0 Å². The van der Waals surface area contributed by atoms with E-state index in [2.05, 4.69) is 64.0 Å². The van der Waals surface area contributed by atoms with E-state index in [4.69, 9.17) is 0 Å². The maximum atomic E-state index is 11.5. The van der Waals surface area contributed by atoms with Crippen molar-refractivity contribution >= 4 is 20.9 Å². The summed E-state index contributed by atoms with van der Waals surface area (Å²) in [4.78, 5) is 5.97. The lowest BCUT2D eigenvalue weighted by molar-refractivity contribution is 0.326. The lowest BCUT2D eigenvalue weighted by Crippen LogP contribution is -2.36. The SMILES string of the molecule is Cc1cccc2c(CN3CC[C@H](NS(C)(=O)=O)C3)c(-c3ccccc3)[nH]c12. The van der Waals surface area contributed by atoms with Crippen LogP contribution in [0.3, 0.4) is 0 Å². The van der Waals surface area contributed by atoms with Gasteiger partial charge in [-0.2, -0.15) is 0 Å². The molecule has 1 aromatic heterocycles. The molecule has 0 aliphatic carbocycles. The second kappa shape index (κ2) is 7.11. The Morgan fingerprint density at radius 2 is 1.93 bits per heavy atom. The normalized spacial score (nSPS) is 18.4. The van der Waals surface area contributed by atoms with E-state index in [9.17, 15) is 8.42 Å². The van der Waals surface area contributed by atoms with E-state index in [1.165, 1.54) is 33.8 Å². The zero-order valence-corrected chi connectivity index (χ0v) is 16.5. The molecular weight excluding hydrogens is 358 g/mol. The number of aromatic amines is 1. The zero-order chi connectivity index (χ0) is 19.0. The molecular formula is C21H25N3O2S. The largest absolute Gasteiger partial charge is 0.354 e. The van der Waals surface area contributed by atoms with Crippen molar-refractivity contribution in [1.29, 1.82) is 0 Å². The van der Waals surface area contributed by atoms with Crippen LogP contribution in [0.15, 0.2) is 48.5 Å². The highest BCUT2D eigenvalue weighted by Crippen LogP contribution is 2.33. The van der Waals surface area contributed by atoms with Crippen molar-refractivity contribution in [2.75, 3.05) is 19.3 Å². The summed E-state index contributed by atoms with van der Waals surface area (Å²) in [6.45, 7) is 4.55. The first-order chi connectivity index (χ1) is 12.9. The van der Waals surface area contributed by atoms with Crippen molar-refractivity contribution < 1.29 is 8.42 Å². The van der Waals surface area contributed by atoms with Crippen LogP contribution in [0, 0.1) is 6.92 Å². The molecule has 1 aliphatic rings. The molecule has 27 heavy (non-hydrogen) atoms. The Bertz CT molecular complexity index is 1060. The second-order valence-electron chi connectivity index (χ2n) is 7.45. The summed E-state index contributed by atoms with van der Waals surface area (Å²) in [6.07, 6.45) is 2.07. The summed E-state index contributed by atoms with van der Waals surface area (Å²) in [5.41, 5.74) is 6.01. The fourth-order valence-electron chi connectivity index (χ4n) is 4.03. The molecule has 0 spiro atoms. The third-order valence-electron chi connectivity index (χ3n) is 5.25. The van der Waals surface area contributed by atoms with Gasteiger partial charge in [-0.1, -0.05) is 48.5 Å². The molecule has 0 bridgehead atoms. The average Bonchev–Trinajstić information content (AvgIpc) is 3.20. The van der Waals surface area contributed by atoms with Crippen LogP contribution in [-0.2, 0) is 16.6 Å². The van der Waals surface area contributed by atoms with E-state index in [1.54, 1.807) is 0 Å². The predicted octanol–water partition coefficient (Wildman–Crippen LogP) is 3.27. The Kier molecular flexibility index (Phi) is 4.80. The van der Waals surface area contributed by atoms with Crippen LogP contribution >= 0.6 is 0 Å². The number of para-hydroxylation sites is 1. The number of benzene rings is 2. The van der Waals surface area contributed by atoms with Gasteiger partial charge in [-0.05, 0) is 30.0 Å². The highest BCUT2D eigenvalue weighted by molar-refractivity contribution is 7.88. The smallest absolute Gasteiger partial charge is 0.208 e. The van der Waals surface area contributed by atoms with Crippen molar-refractivity contribution in [3.8, 4) is 11.3 Å². The molecule has 0 radical (unpaired) electrons. The molecule has 0 saturated carbocycles. The van der Waals surface area contributed by atoms with Crippen LogP contribution in [0.1, 0.15) is 17.5 Å². The molecule has 0 amide bonds. The number of hydrogen-bond acceptors (Lipinski definition) is 3. The molecule has 5 nitrogen and oxygen atoms in total. The fourth-order valence-corrected chi connectivity index (χ4v) is 4.83. The van der Waals surface area contributed by atoms with Crippen molar-refractivity contribution in [1.82, 2.24) is 14.6 Å². The lowest BCUT2D eigenvalue weighted by Gasteiger charge is -2.17. The van der Waals surface area contributed by atoms with Gasteiger partial charge in [0.1, 0.15) is 0 Å². The number of aromatic nitrogens is 1. The van der Waals surface area contributed by atoms with Gasteiger partial charge in [0, 0.05) is 36.6 Å². The minimum absolute atomic E-state index is 0.00730. The maximum absolute atomic E-state index is 11.5. The van der Waals surface area contributed by atoms with Crippen molar-refractivity contribution in [2.24, 2.45) is 0 Å². The van der Waals surface area contributed by atoms with Crippen molar-refractivity contribution in [3.05, 3.63) is 59.7 Å². The summed E-state index contributed by atoms with van der Waals surface area (Å²) < 4.78 is 25.8. The average molecular weight is 384 g/mol. The fraction of sp³-hybridized carbons (Fsp3) is 0.333. The molecule has 2 heterocycles. The standard InChI is InChI=1S/C21H25N3O2S/c1-15-7-6-10-18-19(14-24-12-11-17(13-24)23-27(2,25)26)21(22-20(15)18)16-8-4-3-5-9-16/h3-10,17,22-23H,11-14H2,1-2H3/t17-/m0/s1. The number of likely N-dealkylation sites (tertiary alicyclic amines) is 1. The highest BCUT2D eigenvalue weighted by Gasteiger charge is 2.26. The second-order valence-corrected chi connectivity index (χ2v) is 9.23. The molecule has 1 saturated heterocycles. The van der Waals surface area contributed by atoms with E-state index in [1.807, 2.05) is 6.07 Å². The quantitative estimate of drug-likeness (QED) is 0.711. The highest BCUT2D eigenvalue weighted by atomic mass is 32.2. The molecule has 3 aromatic rings. The Morgan fingerprint density at radius 3 is 2.67 bits per heavy atom. The number of nitrogens with one attached hydrogen (secondary N) is 2. The van der Waals surface area contributed by atoms with Crippen LogP contribution in [-0.4, -0.2) is 43.7 Å². The number of H-pyrrole nitrogens is 1. The molecule has 0 unspecified atom stereocenters. The Labute approximate surface area is 160 Å². The monoisotopic (exact) mass is 383 g/mol. The minimum Gasteiger partial charge on any atom is -0.354 e. The molecule has 1 atom stereocenters. The lowest BCUT2D eigenvalue weighted by atomic mass is 10.0. The molecule has 142 valence electrons. The molecule has 1 aliphatic heterocycles. The van der Waals surface area contributed by atoms with E-state index in [-0.39, 0.29) is 6.04 Å². The van der Waals surface area contributed by atoms with Gasteiger partial charge < -0.3 is 4.98 Å². The minimum atomic E-state index is -3.17. The number of hydrogen-bond donors (Lipinski definition) is 2. The first-order valence-electron chi connectivity index (χ1n) is 9.26. The molecule has 4 rings (SSSR count). The first-order valence-corrected chi connectivity index (χ1v) is 11.1. The first kappa shape index (κ1) is 18.2. The summed E-state index contributed by atoms with van der Waals surface area (Å²) >= 11 is 0. The van der Waals surface area contributed by atoms with E-state index in [0.29, 0.717) is 0 Å². The van der Waals surface area contributed by atoms with Gasteiger partial charge >= 0.3 is 0 Å². The summed E-state index contributed by atoms with van der Waals surface area (Å²) in [6, 6.07) is 16.8. The van der Waals surface area contributed by atoms with Gasteiger partial charge in [0.2, 0.25) is 10.0 Å². The third-order valence-corrected chi connectivity index (χ3v) is 6.01. The molecule has 2 N–H and O–H groups in total. The van der Waals surface area contributed by atoms with Gasteiger partial charge in [-0.15, -0.1) is 0 Å². The summed E-state index contributed by atoms with van der Waals surface area (Å²) in [5.74, 6) is 0. The molecule has 6 heteroatoms. The Morgan fingerprint density at radius 1 is 1.15 bits per heavy atom. The zero-order valence-electron chi connectivity index (χ0n) is 15.7. The number of aryl methyl sites for hydroxylation is 1. The van der Waals surface area contributed by atoms with E-state index < -0.39 is 10.0 Å². The number of nitrogens with zero attached hydrogens (tertiary/aromatic N) is 1. The van der Waals surface area contributed by atoms with E-state index in [0.717, 1.165) is 31.7 Å². The van der Waals surface area contributed by atoms with Gasteiger partial charge in [-0.25, -0.2) is 13.1 Å². The Balaban J connectivity index is 1.68.